The van der Waals surface area contributed by atoms with Gasteiger partial charge >= 0.3 is 0 Å². The number of aryl methyl sites for hydroxylation is 4. The average Bonchev–Trinajstić information content (AvgIpc) is 2.63. The fraction of sp³-hybridized carbons (Fsp3) is 0.400. The molecular weight excluding hydrogens is 320 g/mol. The quantitative estimate of drug-likeness (QED) is 0.931. The number of ether oxygens (including phenoxy) is 1. The van der Waals surface area contributed by atoms with Crippen molar-refractivity contribution < 1.29 is 9.84 Å². The molecule has 0 saturated carbocycles. The van der Waals surface area contributed by atoms with E-state index >= 15 is 0 Å². The Bertz CT molecular complexity index is 612. The van der Waals surface area contributed by atoms with E-state index in [2.05, 4.69) is 21.0 Å². The summed E-state index contributed by atoms with van der Waals surface area (Å²) in [5.41, 5.74) is 4.93. The molecule has 4 nitrogen and oxygen atoms in total. The molecule has 0 aliphatic heterocycles. The van der Waals surface area contributed by atoms with Gasteiger partial charge in [-0.3, -0.25) is 4.68 Å². The van der Waals surface area contributed by atoms with Gasteiger partial charge in [-0.25, -0.2) is 0 Å². The Balaban J connectivity index is 2.23. The number of hydrogen-bond acceptors (Lipinski definition) is 3. The van der Waals surface area contributed by atoms with E-state index in [1.807, 2.05) is 44.6 Å². The number of rotatable bonds is 4. The molecule has 1 aromatic carbocycles. The van der Waals surface area contributed by atoms with E-state index in [1.165, 1.54) is 0 Å². The van der Waals surface area contributed by atoms with Gasteiger partial charge in [0, 0.05) is 7.05 Å². The summed E-state index contributed by atoms with van der Waals surface area (Å²) in [6.45, 7) is 6.45. The first kappa shape index (κ1) is 15.1. The number of aliphatic hydroxyl groups is 1. The van der Waals surface area contributed by atoms with Crippen LogP contribution in [0.1, 0.15) is 28.1 Å². The van der Waals surface area contributed by atoms with Crippen LogP contribution in [-0.4, -0.2) is 14.9 Å². The van der Waals surface area contributed by atoms with Crippen molar-refractivity contribution in [2.75, 3.05) is 0 Å². The number of aliphatic hydroxyl groups excluding tert-OH is 1. The highest BCUT2D eigenvalue weighted by molar-refractivity contribution is 9.10. The molecule has 1 heterocycles. The van der Waals surface area contributed by atoms with Crippen molar-refractivity contribution in [3.63, 3.8) is 0 Å². The van der Waals surface area contributed by atoms with Crippen molar-refractivity contribution in [1.82, 2.24) is 9.78 Å². The van der Waals surface area contributed by atoms with E-state index in [0.717, 1.165) is 38.3 Å². The molecule has 0 saturated heterocycles. The molecule has 0 spiro atoms. The maximum absolute atomic E-state index is 9.20. The summed E-state index contributed by atoms with van der Waals surface area (Å²) in [6, 6.07) is 3.90. The maximum atomic E-state index is 9.20. The minimum Gasteiger partial charge on any atom is -0.487 e. The van der Waals surface area contributed by atoms with Crippen molar-refractivity contribution in [3.05, 3.63) is 44.7 Å². The predicted molar refractivity (Wildman–Crippen MR) is 81.8 cm³/mol. The van der Waals surface area contributed by atoms with Crippen molar-refractivity contribution in [2.45, 2.75) is 34.0 Å². The van der Waals surface area contributed by atoms with Crippen LogP contribution in [0.5, 0.6) is 5.75 Å². The predicted octanol–water partition coefficient (Wildman–Crippen LogP) is 3.18. The van der Waals surface area contributed by atoms with Crippen molar-refractivity contribution in [1.29, 1.82) is 0 Å². The van der Waals surface area contributed by atoms with Crippen LogP contribution in [0.4, 0.5) is 0 Å². The van der Waals surface area contributed by atoms with Gasteiger partial charge in [-0.15, -0.1) is 0 Å². The van der Waals surface area contributed by atoms with Crippen molar-refractivity contribution in [2.24, 2.45) is 7.05 Å². The molecule has 2 aromatic rings. The third-order valence-electron chi connectivity index (χ3n) is 3.32. The summed E-state index contributed by atoms with van der Waals surface area (Å²) in [4.78, 5) is 0. The molecule has 0 aliphatic carbocycles. The molecule has 0 unspecified atom stereocenters. The molecule has 1 N–H and O–H groups in total. The normalized spacial score (nSPS) is 10.9. The van der Waals surface area contributed by atoms with Gasteiger partial charge in [0.05, 0.1) is 22.5 Å². The first-order valence-corrected chi connectivity index (χ1v) is 7.25. The minimum absolute atomic E-state index is 0.0500. The zero-order valence-electron chi connectivity index (χ0n) is 12.2. The summed E-state index contributed by atoms with van der Waals surface area (Å²) in [6.07, 6.45) is 0. The number of halogens is 1. The van der Waals surface area contributed by atoms with Gasteiger partial charge in [-0.05, 0) is 53.4 Å². The summed E-state index contributed by atoms with van der Waals surface area (Å²) < 4.78 is 8.77. The highest BCUT2D eigenvalue weighted by atomic mass is 79.9. The summed E-state index contributed by atoms with van der Waals surface area (Å²) in [5, 5.41) is 13.6. The van der Waals surface area contributed by atoms with E-state index in [4.69, 9.17) is 4.74 Å². The summed E-state index contributed by atoms with van der Waals surface area (Å²) in [5.74, 6) is 0.868. The van der Waals surface area contributed by atoms with E-state index in [-0.39, 0.29) is 6.61 Å². The second-order valence-electron chi connectivity index (χ2n) is 4.98. The van der Waals surface area contributed by atoms with Gasteiger partial charge in [0.25, 0.3) is 0 Å². The van der Waals surface area contributed by atoms with Gasteiger partial charge in [0.2, 0.25) is 0 Å². The second kappa shape index (κ2) is 5.97. The molecule has 1 aromatic heterocycles. The van der Waals surface area contributed by atoms with Crippen LogP contribution < -0.4 is 4.74 Å². The lowest BCUT2D eigenvalue weighted by Gasteiger charge is -2.14. The summed E-state index contributed by atoms with van der Waals surface area (Å²) >= 11 is 3.54. The van der Waals surface area contributed by atoms with E-state index < -0.39 is 0 Å². The number of aromatic nitrogens is 2. The Labute approximate surface area is 127 Å². The smallest absolute Gasteiger partial charge is 0.131 e. The third kappa shape index (κ3) is 2.88. The lowest BCUT2D eigenvalue weighted by molar-refractivity contribution is 0.278. The Morgan fingerprint density at radius 2 is 1.85 bits per heavy atom. The molecule has 20 heavy (non-hydrogen) atoms. The molecule has 2 rings (SSSR count). The Morgan fingerprint density at radius 3 is 2.30 bits per heavy atom. The largest absolute Gasteiger partial charge is 0.487 e. The van der Waals surface area contributed by atoms with Crippen LogP contribution >= 0.6 is 15.9 Å². The van der Waals surface area contributed by atoms with Crippen LogP contribution in [0.25, 0.3) is 0 Å². The van der Waals surface area contributed by atoms with Crippen LogP contribution in [0, 0.1) is 20.8 Å². The van der Waals surface area contributed by atoms with E-state index in [1.54, 1.807) is 0 Å². The average molecular weight is 339 g/mol. The van der Waals surface area contributed by atoms with E-state index in [0.29, 0.717) is 6.61 Å². The highest BCUT2D eigenvalue weighted by Crippen LogP contribution is 2.27. The van der Waals surface area contributed by atoms with Crippen molar-refractivity contribution in [3.8, 4) is 5.75 Å². The Hall–Kier alpha value is -1.33. The van der Waals surface area contributed by atoms with Crippen LogP contribution in [-0.2, 0) is 20.3 Å². The summed E-state index contributed by atoms with van der Waals surface area (Å²) in [7, 11) is 1.91. The lowest BCUT2D eigenvalue weighted by atomic mass is 10.1. The highest BCUT2D eigenvalue weighted by Gasteiger charge is 2.13. The lowest BCUT2D eigenvalue weighted by Crippen LogP contribution is -2.05. The van der Waals surface area contributed by atoms with Gasteiger partial charge in [0.15, 0.2) is 0 Å². The molecule has 0 radical (unpaired) electrons. The number of benzene rings is 1. The Morgan fingerprint density at radius 1 is 1.25 bits per heavy atom. The van der Waals surface area contributed by atoms with Gasteiger partial charge in [-0.2, -0.15) is 5.10 Å². The fourth-order valence-corrected chi connectivity index (χ4v) is 2.79. The van der Waals surface area contributed by atoms with Gasteiger partial charge < -0.3 is 9.84 Å². The van der Waals surface area contributed by atoms with Crippen molar-refractivity contribution >= 4 is 15.9 Å². The molecule has 5 heteroatoms. The first-order valence-electron chi connectivity index (χ1n) is 6.45. The number of hydrogen-bond donors (Lipinski definition) is 1. The topological polar surface area (TPSA) is 47.3 Å². The SMILES string of the molecule is Cc1cc(CO)cc(C)c1OCc1c(Br)c(C)nn1C. The molecule has 0 atom stereocenters. The van der Waals surface area contributed by atoms with Crippen LogP contribution in [0.2, 0.25) is 0 Å². The fourth-order valence-electron chi connectivity index (χ4n) is 2.34. The van der Waals surface area contributed by atoms with Crippen LogP contribution in [0.15, 0.2) is 16.6 Å². The number of nitrogens with zero attached hydrogens (tertiary/aromatic N) is 2. The van der Waals surface area contributed by atoms with Gasteiger partial charge in [0.1, 0.15) is 12.4 Å². The monoisotopic (exact) mass is 338 g/mol. The first-order chi connectivity index (χ1) is 9.43. The minimum atomic E-state index is 0.0500. The van der Waals surface area contributed by atoms with Gasteiger partial charge in [-0.1, -0.05) is 12.1 Å². The Kier molecular flexibility index (Phi) is 4.50. The molecule has 0 fully saturated rings. The molecule has 108 valence electrons. The van der Waals surface area contributed by atoms with E-state index in [9.17, 15) is 5.11 Å². The standard InChI is InChI=1S/C15H19BrN2O2/c1-9-5-12(7-19)6-10(2)15(9)20-8-13-14(16)11(3)17-18(13)4/h5-6,19H,7-8H2,1-4H3. The maximum Gasteiger partial charge on any atom is 0.131 e. The zero-order chi connectivity index (χ0) is 14.9. The molecular formula is C15H19BrN2O2. The molecule has 0 aliphatic rings. The second-order valence-corrected chi connectivity index (χ2v) is 5.77. The zero-order valence-corrected chi connectivity index (χ0v) is 13.8. The molecule has 0 amide bonds. The van der Waals surface area contributed by atoms with Crippen LogP contribution in [0.3, 0.4) is 0 Å². The molecule has 0 bridgehead atoms. The third-order valence-corrected chi connectivity index (χ3v) is 4.35.